The molecule has 0 bridgehead atoms. The Morgan fingerprint density at radius 3 is 2.68 bits per heavy atom. The van der Waals surface area contributed by atoms with Crippen molar-refractivity contribution in [1.29, 1.82) is 0 Å². The van der Waals surface area contributed by atoms with Crippen molar-refractivity contribution in [3.05, 3.63) is 46.5 Å². The Balaban J connectivity index is 2.11. The van der Waals surface area contributed by atoms with Gasteiger partial charge in [0.05, 0.1) is 6.54 Å². The van der Waals surface area contributed by atoms with E-state index in [1.165, 1.54) is 5.56 Å². The molecular formula is C14H19ClN4. The first-order chi connectivity index (χ1) is 8.99. The Kier molecular flexibility index (Phi) is 4.22. The number of rotatable bonds is 4. The molecule has 1 aromatic carbocycles. The van der Waals surface area contributed by atoms with Gasteiger partial charge in [0.2, 0.25) is 0 Å². The maximum absolute atomic E-state index is 6.04. The zero-order valence-electron chi connectivity index (χ0n) is 11.8. The van der Waals surface area contributed by atoms with Crippen LogP contribution in [-0.2, 0) is 13.6 Å². The maximum Gasteiger partial charge on any atom is 0.146 e. The summed E-state index contributed by atoms with van der Waals surface area (Å²) in [5, 5.41) is 9.05. The van der Waals surface area contributed by atoms with Crippen LogP contribution in [0.2, 0.25) is 5.02 Å². The van der Waals surface area contributed by atoms with Crippen molar-refractivity contribution in [3.63, 3.8) is 0 Å². The molecule has 0 aliphatic carbocycles. The van der Waals surface area contributed by atoms with Crippen LogP contribution in [0, 0.1) is 6.92 Å². The van der Waals surface area contributed by atoms with Gasteiger partial charge in [0.1, 0.15) is 11.6 Å². The Morgan fingerprint density at radius 2 is 2.11 bits per heavy atom. The van der Waals surface area contributed by atoms with Crippen molar-refractivity contribution in [3.8, 4) is 0 Å². The van der Waals surface area contributed by atoms with Gasteiger partial charge in [0.25, 0.3) is 0 Å². The molecule has 0 aliphatic heterocycles. The molecule has 19 heavy (non-hydrogen) atoms. The van der Waals surface area contributed by atoms with Gasteiger partial charge in [0, 0.05) is 18.1 Å². The third kappa shape index (κ3) is 3.14. The van der Waals surface area contributed by atoms with Crippen LogP contribution in [0.3, 0.4) is 0 Å². The number of aromatic nitrogens is 3. The zero-order valence-corrected chi connectivity index (χ0v) is 12.5. The molecule has 1 atom stereocenters. The van der Waals surface area contributed by atoms with E-state index >= 15 is 0 Å². The minimum Gasteiger partial charge on any atom is -0.317 e. The van der Waals surface area contributed by atoms with Gasteiger partial charge in [-0.2, -0.15) is 0 Å². The first-order valence-corrected chi connectivity index (χ1v) is 6.67. The third-order valence-electron chi connectivity index (χ3n) is 3.57. The highest BCUT2D eigenvalue weighted by atomic mass is 35.5. The molecule has 0 radical (unpaired) electrons. The average Bonchev–Trinajstić information content (AvgIpc) is 2.70. The van der Waals surface area contributed by atoms with Crippen LogP contribution in [0.1, 0.15) is 30.2 Å². The molecule has 4 nitrogen and oxygen atoms in total. The van der Waals surface area contributed by atoms with Gasteiger partial charge >= 0.3 is 0 Å². The molecule has 0 amide bonds. The van der Waals surface area contributed by atoms with Crippen LogP contribution in [0.15, 0.2) is 24.3 Å². The highest BCUT2D eigenvalue weighted by molar-refractivity contribution is 6.30. The van der Waals surface area contributed by atoms with Crippen LogP contribution >= 0.6 is 11.6 Å². The number of halogens is 1. The quantitative estimate of drug-likeness (QED) is 0.862. The summed E-state index contributed by atoms with van der Waals surface area (Å²) in [5.41, 5.74) is 1.20. The van der Waals surface area contributed by atoms with Crippen molar-refractivity contribution in [2.45, 2.75) is 26.4 Å². The lowest BCUT2D eigenvalue weighted by atomic mass is 10.1. The standard InChI is InChI=1S/C14H19ClN4/c1-10(12-6-5-7-13(15)8-12)18(3)9-14-17-16-11(2)19(14)4/h5-8,10H,9H2,1-4H3. The zero-order chi connectivity index (χ0) is 14.0. The summed E-state index contributed by atoms with van der Waals surface area (Å²) < 4.78 is 2.02. The molecule has 1 aromatic heterocycles. The van der Waals surface area contributed by atoms with Gasteiger partial charge in [-0.3, -0.25) is 4.90 Å². The topological polar surface area (TPSA) is 34.0 Å². The maximum atomic E-state index is 6.04. The fourth-order valence-corrected chi connectivity index (χ4v) is 2.17. The monoisotopic (exact) mass is 278 g/mol. The SMILES string of the molecule is Cc1nnc(CN(C)C(C)c2cccc(Cl)c2)n1C. The van der Waals surface area contributed by atoms with Crippen LogP contribution in [0.5, 0.6) is 0 Å². The van der Waals surface area contributed by atoms with E-state index in [1.807, 2.05) is 36.7 Å². The van der Waals surface area contributed by atoms with Crippen molar-refractivity contribution < 1.29 is 0 Å². The normalized spacial score (nSPS) is 12.9. The summed E-state index contributed by atoms with van der Waals surface area (Å²) in [6.07, 6.45) is 0. The number of hydrogen-bond acceptors (Lipinski definition) is 3. The van der Waals surface area contributed by atoms with E-state index in [0.29, 0.717) is 0 Å². The lowest BCUT2D eigenvalue weighted by Crippen LogP contribution is -2.23. The molecule has 1 unspecified atom stereocenters. The van der Waals surface area contributed by atoms with Crippen molar-refractivity contribution in [2.75, 3.05) is 7.05 Å². The second-order valence-electron chi connectivity index (χ2n) is 4.87. The minimum absolute atomic E-state index is 0.274. The molecule has 0 saturated carbocycles. The lowest BCUT2D eigenvalue weighted by molar-refractivity contribution is 0.244. The summed E-state index contributed by atoms with van der Waals surface area (Å²) in [6, 6.07) is 8.24. The molecule has 0 aliphatic rings. The van der Waals surface area contributed by atoms with E-state index in [1.54, 1.807) is 0 Å². The fraction of sp³-hybridized carbons (Fsp3) is 0.429. The van der Waals surface area contributed by atoms with E-state index in [4.69, 9.17) is 11.6 Å². The third-order valence-corrected chi connectivity index (χ3v) is 3.80. The summed E-state index contributed by atoms with van der Waals surface area (Å²) in [4.78, 5) is 2.23. The van der Waals surface area contributed by atoms with Crippen molar-refractivity contribution >= 4 is 11.6 Å². The van der Waals surface area contributed by atoms with Gasteiger partial charge in [-0.25, -0.2) is 0 Å². The molecule has 5 heteroatoms. The molecule has 0 saturated heterocycles. The Bertz CT molecular complexity index is 564. The molecular weight excluding hydrogens is 260 g/mol. The molecule has 2 aromatic rings. The largest absolute Gasteiger partial charge is 0.317 e. The highest BCUT2D eigenvalue weighted by Gasteiger charge is 2.15. The van der Waals surface area contributed by atoms with Gasteiger partial charge in [-0.1, -0.05) is 23.7 Å². The van der Waals surface area contributed by atoms with E-state index in [-0.39, 0.29) is 6.04 Å². The molecule has 102 valence electrons. The molecule has 0 spiro atoms. The first-order valence-electron chi connectivity index (χ1n) is 6.29. The van der Waals surface area contributed by atoms with Crippen LogP contribution in [0.25, 0.3) is 0 Å². The van der Waals surface area contributed by atoms with E-state index < -0.39 is 0 Å². The van der Waals surface area contributed by atoms with Crippen LogP contribution < -0.4 is 0 Å². The number of nitrogens with zero attached hydrogens (tertiary/aromatic N) is 4. The number of benzene rings is 1. The number of hydrogen-bond donors (Lipinski definition) is 0. The highest BCUT2D eigenvalue weighted by Crippen LogP contribution is 2.22. The van der Waals surface area contributed by atoms with Gasteiger partial charge in [-0.05, 0) is 38.6 Å². The summed E-state index contributed by atoms with van der Waals surface area (Å²) in [6.45, 7) is 4.87. The average molecular weight is 279 g/mol. The van der Waals surface area contributed by atoms with E-state index in [2.05, 4.69) is 35.1 Å². The second-order valence-corrected chi connectivity index (χ2v) is 5.30. The van der Waals surface area contributed by atoms with Crippen molar-refractivity contribution in [1.82, 2.24) is 19.7 Å². The Labute approximate surface area is 119 Å². The van der Waals surface area contributed by atoms with Gasteiger partial charge < -0.3 is 4.57 Å². The molecule has 0 fully saturated rings. The fourth-order valence-electron chi connectivity index (χ4n) is 1.97. The summed E-state index contributed by atoms with van der Waals surface area (Å²) in [5.74, 6) is 1.90. The smallest absolute Gasteiger partial charge is 0.146 e. The van der Waals surface area contributed by atoms with E-state index in [9.17, 15) is 0 Å². The Morgan fingerprint density at radius 1 is 1.37 bits per heavy atom. The Hall–Kier alpha value is -1.39. The minimum atomic E-state index is 0.274. The van der Waals surface area contributed by atoms with Gasteiger partial charge in [-0.15, -0.1) is 10.2 Å². The van der Waals surface area contributed by atoms with Gasteiger partial charge in [0.15, 0.2) is 0 Å². The van der Waals surface area contributed by atoms with E-state index in [0.717, 1.165) is 23.2 Å². The molecule has 1 heterocycles. The summed E-state index contributed by atoms with van der Waals surface area (Å²) in [7, 11) is 4.07. The molecule has 2 rings (SSSR count). The predicted molar refractivity (Wildman–Crippen MR) is 77.1 cm³/mol. The second kappa shape index (κ2) is 5.72. The first kappa shape index (κ1) is 14.0. The predicted octanol–water partition coefficient (Wildman–Crippen LogP) is 2.97. The van der Waals surface area contributed by atoms with Crippen LogP contribution in [0.4, 0.5) is 0 Å². The lowest BCUT2D eigenvalue weighted by Gasteiger charge is -2.24. The summed E-state index contributed by atoms with van der Waals surface area (Å²) >= 11 is 6.04. The number of aryl methyl sites for hydroxylation is 1. The molecule has 0 N–H and O–H groups in total. The van der Waals surface area contributed by atoms with Crippen molar-refractivity contribution in [2.24, 2.45) is 7.05 Å². The van der Waals surface area contributed by atoms with Crippen LogP contribution in [-0.4, -0.2) is 26.7 Å².